The molecule has 2 N–H and O–H groups in total. The predicted octanol–water partition coefficient (Wildman–Crippen LogP) is 1.25. The van der Waals surface area contributed by atoms with Crippen LogP contribution in [0.3, 0.4) is 0 Å². The van der Waals surface area contributed by atoms with Crippen molar-refractivity contribution in [1.82, 2.24) is 5.32 Å². The molecule has 0 aromatic heterocycles. The van der Waals surface area contributed by atoms with Crippen LogP contribution in [0, 0.1) is 10.1 Å². The number of nitrogens with one attached hydrogen (secondary N) is 1. The number of nitrogens with zero attached hydrogens (tertiary/aromatic N) is 1. The third-order valence-electron chi connectivity index (χ3n) is 2.57. The third-order valence-corrected chi connectivity index (χ3v) is 2.57. The molecule has 100 valence electrons. The molecule has 0 aliphatic rings. The fourth-order valence-electron chi connectivity index (χ4n) is 1.56. The Morgan fingerprint density at radius 2 is 2.06 bits per heavy atom. The Morgan fingerprint density at radius 1 is 1.44 bits per heavy atom. The first kappa shape index (κ1) is 14.6. The zero-order valence-corrected chi connectivity index (χ0v) is 10.5. The molecule has 0 aliphatic carbocycles. The smallest absolute Gasteiger partial charge is 0.269 e. The molecule has 0 heterocycles. The molecule has 2 unspecified atom stereocenters. The van der Waals surface area contributed by atoms with Crippen LogP contribution in [-0.2, 0) is 4.74 Å². The summed E-state index contributed by atoms with van der Waals surface area (Å²) in [5.74, 6) is 0. The van der Waals surface area contributed by atoms with Crippen molar-refractivity contribution in [1.29, 1.82) is 0 Å². The summed E-state index contributed by atoms with van der Waals surface area (Å²) in [6.45, 7) is 2.89. The highest BCUT2D eigenvalue weighted by atomic mass is 16.6. The highest BCUT2D eigenvalue weighted by Gasteiger charge is 2.11. The van der Waals surface area contributed by atoms with E-state index in [1.807, 2.05) is 6.92 Å². The summed E-state index contributed by atoms with van der Waals surface area (Å²) in [6, 6.07) is 6.04. The first-order chi connectivity index (χ1) is 8.54. The van der Waals surface area contributed by atoms with Gasteiger partial charge in [-0.05, 0) is 24.6 Å². The zero-order chi connectivity index (χ0) is 13.5. The molecule has 2 atom stereocenters. The Morgan fingerprint density at radius 3 is 2.56 bits per heavy atom. The standard InChI is InChI=1S/C12H18N2O4/c1-9(8-18-2)13-7-12(15)10-3-5-11(6-4-10)14(16)17/h3-6,9,12-13,15H,7-8H2,1-2H3. The van der Waals surface area contributed by atoms with Crippen molar-refractivity contribution in [2.24, 2.45) is 0 Å². The monoisotopic (exact) mass is 254 g/mol. The molecule has 1 aromatic carbocycles. The van der Waals surface area contributed by atoms with E-state index < -0.39 is 11.0 Å². The minimum atomic E-state index is -0.690. The Hall–Kier alpha value is -1.50. The lowest BCUT2D eigenvalue weighted by Crippen LogP contribution is -2.33. The molecular formula is C12H18N2O4. The highest BCUT2D eigenvalue weighted by molar-refractivity contribution is 5.33. The van der Waals surface area contributed by atoms with Gasteiger partial charge in [0.05, 0.1) is 17.6 Å². The number of nitro groups is 1. The first-order valence-electron chi connectivity index (χ1n) is 5.69. The Kier molecular flexibility index (Phi) is 5.70. The molecule has 0 aliphatic heterocycles. The van der Waals surface area contributed by atoms with Crippen LogP contribution in [0.5, 0.6) is 0 Å². The van der Waals surface area contributed by atoms with Crippen molar-refractivity contribution in [3.05, 3.63) is 39.9 Å². The van der Waals surface area contributed by atoms with Crippen molar-refractivity contribution in [2.45, 2.75) is 19.1 Å². The fourth-order valence-corrected chi connectivity index (χ4v) is 1.56. The molecule has 1 rings (SSSR count). The molecule has 0 spiro atoms. The summed E-state index contributed by atoms with van der Waals surface area (Å²) in [4.78, 5) is 10.0. The van der Waals surface area contributed by atoms with E-state index in [-0.39, 0.29) is 11.7 Å². The van der Waals surface area contributed by atoms with Gasteiger partial charge < -0.3 is 15.2 Å². The number of rotatable bonds is 7. The van der Waals surface area contributed by atoms with E-state index in [1.54, 1.807) is 19.2 Å². The van der Waals surface area contributed by atoms with Crippen LogP contribution in [0.4, 0.5) is 5.69 Å². The van der Waals surface area contributed by atoms with E-state index in [0.29, 0.717) is 18.7 Å². The number of aliphatic hydroxyl groups is 1. The fraction of sp³-hybridized carbons (Fsp3) is 0.500. The van der Waals surface area contributed by atoms with Gasteiger partial charge in [-0.2, -0.15) is 0 Å². The zero-order valence-electron chi connectivity index (χ0n) is 10.5. The molecule has 0 fully saturated rings. The average molecular weight is 254 g/mol. The van der Waals surface area contributed by atoms with E-state index in [2.05, 4.69) is 5.32 Å². The Bertz CT molecular complexity index is 380. The van der Waals surface area contributed by atoms with Gasteiger partial charge in [0.15, 0.2) is 0 Å². The number of hydrogen-bond donors (Lipinski definition) is 2. The highest BCUT2D eigenvalue weighted by Crippen LogP contribution is 2.17. The lowest BCUT2D eigenvalue weighted by molar-refractivity contribution is -0.384. The summed E-state index contributed by atoms with van der Waals surface area (Å²) in [5, 5.41) is 23.5. The number of methoxy groups -OCH3 is 1. The average Bonchev–Trinajstić information content (AvgIpc) is 2.36. The topological polar surface area (TPSA) is 84.6 Å². The summed E-state index contributed by atoms with van der Waals surface area (Å²) >= 11 is 0. The summed E-state index contributed by atoms with van der Waals surface area (Å²) in [6.07, 6.45) is -0.690. The van der Waals surface area contributed by atoms with Gasteiger partial charge in [0, 0.05) is 31.8 Å². The van der Waals surface area contributed by atoms with Gasteiger partial charge in [0.1, 0.15) is 0 Å². The Balaban J connectivity index is 2.51. The van der Waals surface area contributed by atoms with E-state index in [4.69, 9.17) is 4.74 Å². The van der Waals surface area contributed by atoms with Crippen molar-refractivity contribution in [3.63, 3.8) is 0 Å². The van der Waals surface area contributed by atoms with Gasteiger partial charge in [-0.3, -0.25) is 10.1 Å². The first-order valence-corrected chi connectivity index (χ1v) is 5.69. The van der Waals surface area contributed by atoms with Gasteiger partial charge in [-0.25, -0.2) is 0 Å². The van der Waals surface area contributed by atoms with Crippen LogP contribution < -0.4 is 5.32 Å². The Labute approximate surface area is 106 Å². The number of hydrogen-bond acceptors (Lipinski definition) is 5. The maximum atomic E-state index is 10.5. The van der Waals surface area contributed by atoms with Crippen LogP contribution in [0.2, 0.25) is 0 Å². The van der Waals surface area contributed by atoms with Gasteiger partial charge in [0.25, 0.3) is 5.69 Å². The minimum absolute atomic E-state index is 0.0201. The van der Waals surface area contributed by atoms with Crippen LogP contribution in [-0.4, -0.2) is 36.3 Å². The molecule has 6 nitrogen and oxygen atoms in total. The lowest BCUT2D eigenvalue weighted by Gasteiger charge is -2.16. The minimum Gasteiger partial charge on any atom is -0.387 e. The van der Waals surface area contributed by atoms with Gasteiger partial charge in [-0.15, -0.1) is 0 Å². The van der Waals surface area contributed by atoms with E-state index in [0.717, 1.165) is 0 Å². The van der Waals surface area contributed by atoms with Crippen LogP contribution in [0.15, 0.2) is 24.3 Å². The number of nitro benzene ring substituents is 1. The molecule has 0 amide bonds. The number of ether oxygens (including phenoxy) is 1. The third kappa shape index (κ3) is 4.40. The normalized spacial score (nSPS) is 14.2. The molecule has 0 saturated carbocycles. The van der Waals surface area contributed by atoms with E-state index >= 15 is 0 Å². The van der Waals surface area contributed by atoms with E-state index in [9.17, 15) is 15.2 Å². The molecule has 0 saturated heterocycles. The summed E-state index contributed by atoms with van der Waals surface area (Å²) in [5.41, 5.74) is 0.671. The number of benzene rings is 1. The van der Waals surface area contributed by atoms with Crippen molar-refractivity contribution >= 4 is 5.69 Å². The molecule has 18 heavy (non-hydrogen) atoms. The maximum Gasteiger partial charge on any atom is 0.269 e. The second-order valence-electron chi connectivity index (χ2n) is 4.13. The summed E-state index contributed by atoms with van der Waals surface area (Å²) in [7, 11) is 1.62. The number of aliphatic hydroxyl groups excluding tert-OH is 1. The van der Waals surface area contributed by atoms with Crippen molar-refractivity contribution < 1.29 is 14.8 Å². The van der Waals surface area contributed by atoms with Crippen LogP contribution in [0.1, 0.15) is 18.6 Å². The SMILES string of the molecule is COCC(C)NCC(O)c1ccc([N+](=O)[O-])cc1. The van der Waals surface area contributed by atoms with Gasteiger partial charge in [-0.1, -0.05) is 0 Å². The van der Waals surface area contributed by atoms with Gasteiger partial charge >= 0.3 is 0 Å². The van der Waals surface area contributed by atoms with Crippen LogP contribution >= 0.6 is 0 Å². The van der Waals surface area contributed by atoms with Crippen molar-refractivity contribution in [2.75, 3.05) is 20.3 Å². The van der Waals surface area contributed by atoms with E-state index in [1.165, 1.54) is 12.1 Å². The van der Waals surface area contributed by atoms with Gasteiger partial charge in [0.2, 0.25) is 0 Å². The molecule has 6 heteroatoms. The molecule has 0 radical (unpaired) electrons. The van der Waals surface area contributed by atoms with Crippen molar-refractivity contribution in [3.8, 4) is 0 Å². The van der Waals surface area contributed by atoms with Crippen LogP contribution in [0.25, 0.3) is 0 Å². The largest absolute Gasteiger partial charge is 0.387 e. The second kappa shape index (κ2) is 7.05. The predicted molar refractivity (Wildman–Crippen MR) is 67.4 cm³/mol. The molecule has 1 aromatic rings. The molecule has 0 bridgehead atoms. The quantitative estimate of drug-likeness (QED) is 0.565. The lowest BCUT2D eigenvalue weighted by atomic mass is 10.1. The second-order valence-corrected chi connectivity index (χ2v) is 4.13. The number of non-ortho nitro benzene ring substituents is 1. The maximum absolute atomic E-state index is 10.5. The summed E-state index contributed by atoms with van der Waals surface area (Å²) < 4.78 is 4.96. The molecular weight excluding hydrogens is 236 g/mol.